The lowest BCUT2D eigenvalue weighted by Gasteiger charge is -2.08. The molecule has 0 unspecified atom stereocenters. The van der Waals surface area contributed by atoms with Gasteiger partial charge in [-0.05, 0) is 59.0 Å². The molecule has 0 bridgehead atoms. The van der Waals surface area contributed by atoms with E-state index in [0.29, 0.717) is 16.3 Å². The molecule has 98 valence electrons. The Hall–Kier alpha value is -1.34. The number of hydrogen-bond acceptors (Lipinski definition) is 2. The minimum atomic E-state index is -0.467. The van der Waals surface area contributed by atoms with Crippen LogP contribution in [0.2, 0.25) is 5.02 Å². The van der Waals surface area contributed by atoms with Crippen LogP contribution < -0.4 is 11.1 Å². The van der Waals surface area contributed by atoms with Crippen molar-refractivity contribution in [3.05, 3.63) is 56.4 Å². The van der Waals surface area contributed by atoms with E-state index in [-0.39, 0.29) is 5.69 Å². The fourth-order valence-electron chi connectivity index (χ4n) is 1.47. The summed E-state index contributed by atoms with van der Waals surface area (Å²) in [5.74, 6) is -0.860. The Morgan fingerprint density at radius 2 is 2.00 bits per heavy atom. The quantitative estimate of drug-likeness (QED) is 0.603. The Morgan fingerprint density at radius 1 is 1.26 bits per heavy atom. The molecule has 0 aliphatic carbocycles. The Labute approximate surface area is 128 Å². The molecule has 0 heterocycles. The van der Waals surface area contributed by atoms with Gasteiger partial charge < -0.3 is 11.1 Å². The zero-order chi connectivity index (χ0) is 14.0. The predicted molar refractivity (Wildman–Crippen MR) is 82.9 cm³/mol. The maximum atomic E-state index is 13.1. The Bertz CT molecular complexity index is 649. The van der Waals surface area contributed by atoms with Gasteiger partial charge in [-0.2, -0.15) is 0 Å². The third-order valence-electron chi connectivity index (χ3n) is 2.45. The number of hydrogen-bond donors (Lipinski definition) is 2. The number of carbonyl (C=O) groups excluding carboxylic acids is 1. The highest BCUT2D eigenvalue weighted by Crippen LogP contribution is 2.22. The van der Waals surface area contributed by atoms with Crippen LogP contribution in [0.15, 0.2) is 36.4 Å². The molecule has 3 N–H and O–H groups in total. The van der Waals surface area contributed by atoms with Gasteiger partial charge >= 0.3 is 0 Å². The van der Waals surface area contributed by atoms with E-state index in [0.717, 1.165) is 3.57 Å². The van der Waals surface area contributed by atoms with Crippen molar-refractivity contribution >= 4 is 51.5 Å². The molecule has 6 heteroatoms. The van der Waals surface area contributed by atoms with Gasteiger partial charge in [-0.25, -0.2) is 4.39 Å². The lowest BCUT2D eigenvalue weighted by molar-refractivity contribution is 0.102. The number of amides is 1. The molecule has 1 amide bonds. The maximum absolute atomic E-state index is 13.1. The number of nitrogens with one attached hydrogen (secondary N) is 1. The average molecular weight is 391 g/mol. The van der Waals surface area contributed by atoms with Crippen LogP contribution in [-0.2, 0) is 0 Å². The first kappa shape index (κ1) is 14.1. The average Bonchev–Trinajstić information content (AvgIpc) is 2.37. The second-order valence-corrected chi connectivity index (χ2v) is 5.38. The minimum absolute atomic E-state index is 0.236. The summed E-state index contributed by atoms with van der Waals surface area (Å²) in [7, 11) is 0. The second-order valence-electron chi connectivity index (χ2n) is 3.81. The van der Waals surface area contributed by atoms with Crippen LogP contribution in [0.4, 0.5) is 15.8 Å². The van der Waals surface area contributed by atoms with Gasteiger partial charge in [0.15, 0.2) is 0 Å². The Kier molecular flexibility index (Phi) is 4.26. The van der Waals surface area contributed by atoms with Crippen LogP contribution >= 0.6 is 34.2 Å². The summed E-state index contributed by atoms with van der Waals surface area (Å²) in [6.45, 7) is 0. The molecule has 0 spiro atoms. The van der Waals surface area contributed by atoms with Crippen LogP contribution in [0.5, 0.6) is 0 Å². The van der Waals surface area contributed by atoms with Crippen molar-refractivity contribution in [2.75, 3.05) is 11.1 Å². The SMILES string of the molecule is Nc1ccc(F)cc1NC(=O)c1ccc(I)c(Cl)c1. The zero-order valence-electron chi connectivity index (χ0n) is 9.58. The molecule has 0 atom stereocenters. The molecule has 0 aliphatic heterocycles. The number of halogens is 3. The molecular weight excluding hydrogens is 382 g/mol. The van der Waals surface area contributed by atoms with Crippen LogP contribution in [0, 0.1) is 9.39 Å². The minimum Gasteiger partial charge on any atom is -0.397 e. The lowest BCUT2D eigenvalue weighted by atomic mass is 10.2. The lowest BCUT2D eigenvalue weighted by Crippen LogP contribution is -2.13. The van der Waals surface area contributed by atoms with Gasteiger partial charge in [0, 0.05) is 9.13 Å². The smallest absolute Gasteiger partial charge is 0.255 e. The van der Waals surface area contributed by atoms with Gasteiger partial charge in [0.2, 0.25) is 0 Å². The molecule has 0 aromatic heterocycles. The number of benzene rings is 2. The molecule has 19 heavy (non-hydrogen) atoms. The third-order valence-corrected chi connectivity index (χ3v) is 4.02. The summed E-state index contributed by atoms with van der Waals surface area (Å²) in [5, 5.41) is 3.04. The maximum Gasteiger partial charge on any atom is 0.255 e. The van der Waals surface area contributed by atoms with E-state index in [1.807, 2.05) is 0 Å². The zero-order valence-corrected chi connectivity index (χ0v) is 12.5. The first-order valence-electron chi connectivity index (χ1n) is 5.29. The highest BCUT2D eigenvalue weighted by molar-refractivity contribution is 14.1. The molecule has 0 aliphatic rings. The number of rotatable bonds is 2. The van der Waals surface area contributed by atoms with Gasteiger partial charge in [0.25, 0.3) is 5.91 Å². The van der Waals surface area contributed by atoms with Crippen LogP contribution in [-0.4, -0.2) is 5.91 Å². The Morgan fingerprint density at radius 3 is 2.68 bits per heavy atom. The van der Waals surface area contributed by atoms with E-state index in [9.17, 15) is 9.18 Å². The highest BCUT2D eigenvalue weighted by atomic mass is 127. The normalized spacial score (nSPS) is 10.3. The molecular formula is C13H9ClFIN2O. The predicted octanol–water partition coefficient (Wildman–Crippen LogP) is 3.92. The number of nitrogens with two attached hydrogens (primary N) is 1. The molecule has 0 saturated heterocycles. The molecule has 0 radical (unpaired) electrons. The first-order valence-corrected chi connectivity index (χ1v) is 6.74. The highest BCUT2D eigenvalue weighted by Gasteiger charge is 2.10. The van der Waals surface area contributed by atoms with Gasteiger partial charge in [0.1, 0.15) is 5.82 Å². The van der Waals surface area contributed by atoms with Gasteiger partial charge in [-0.1, -0.05) is 11.6 Å². The summed E-state index contributed by atoms with van der Waals surface area (Å²) in [6, 6.07) is 8.71. The monoisotopic (exact) mass is 390 g/mol. The summed E-state index contributed by atoms with van der Waals surface area (Å²) < 4.78 is 13.9. The van der Waals surface area contributed by atoms with Crippen molar-refractivity contribution in [1.82, 2.24) is 0 Å². The number of carbonyl (C=O) groups is 1. The van der Waals surface area contributed by atoms with E-state index in [1.54, 1.807) is 18.2 Å². The molecule has 0 fully saturated rings. The largest absolute Gasteiger partial charge is 0.397 e. The van der Waals surface area contributed by atoms with Crippen molar-refractivity contribution in [3.63, 3.8) is 0 Å². The number of nitrogen functional groups attached to an aromatic ring is 1. The van der Waals surface area contributed by atoms with Crippen molar-refractivity contribution in [1.29, 1.82) is 0 Å². The summed E-state index contributed by atoms with van der Waals surface area (Å²) in [5.41, 5.74) is 6.58. The molecule has 2 aromatic rings. The standard InChI is InChI=1S/C13H9ClFIN2O/c14-9-5-7(1-3-10(9)16)13(19)18-12-6-8(15)2-4-11(12)17/h1-6H,17H2,(H,18,19). The fourth-order valence-corrected chi connectivity index (χ4v) is 1.98. The van der Waals surface area contributed by atoms with E-state index in [1.165, 1.54) is 18.2 Å². The first-order chi connectivity index (χ1) is 8.97. The third kappa shape index (κ3) is 3.36. The van der Waals surface area contributed by atoms with E-state index >= 15 is 0 Å². The van der Waals surface area contributed by atoms with Crippen molar-refractivity contribution < 1.29 is 9.18 Å². The van der Waals surface area contributed by atoms with Crippen LogP contribution in [0.3, 0.4) is 0 Å². The molecule has 2 aromatic carbocycles. The summed E-state index contributed by atoms with van der Waals surface area (Å²) in [6.07, 6.45) is 0. The van der Waals surface area contributed by atoms with Crippen molar-refractivity contribution in [2.45, 2.75) is 0 Å². The summed E-state index contributed by atoms with van der Waals surface area (Å²) in [4.78, 5) is 12.0. The second kappa shape index (κ2) is 5.75. The van der Waals surface area contributed by atoms with Crippen molar-refractivity contribution in [2.24, 2.45) is 0 Å². The van der Waals surface area contributed by atoms with Crippen molar-refractivity contribution in [3.8, 4) is 0 Å². The molecule has 0 saturated carbocycles. The van der Waals surface area contributed by atoms with Crippen LogP contribution in [0.25, 0.3) is 0 Å². The summed E-state index contributed by atoms with van der Waals surface area (Å²) >= 11 is 8.01. The molecule has 2 rings (SSSR count). The number of anilines is 2. The van der Waals surface area contributed by atoms with Gasteiger partial charge in [0.05, 0.1) is 16.4 Å². The van der Waals surface area contributed by atoms with Crippen LogP contribution in [0.1, 0.15) is 10.4 Å². The van der Waals surface area contributed by atoms with Gasteiger partial charge in [-0.15, -0.1) is 0 Å². The van der Waals surface area contributed by atoms with E-state index in [4.69, 9.17) is 17.3 Å². The van der Waals surface area contributed by atoms with E-state index < -0.39 is 11.7 Å². The Balaban J connectivity index is 2.25. The van der Waals surface area contributed by atoms with Gasteiger partial charge in [-0.3, -0.25) is 4.79 Å². The topological polar surface area (TPSA) is 55.1 Å². The van der Waals surface area contributed by atoms with E-state index in [2.05, 4.69) is 27.9 Å². The molecule has 3 nitrogen and oxygen atoms in total. The fraction of sp³-hybridized carbons (Fsp3) is 0.